The first-order valence-corrected chi connectivity index (χ1v) is 9.49. The van der Waals surface area contributed by atoms with Crippen LogP contribution >= 0.6 is 11.3 Å². The molecular formula is C18H21N3OS. The summed E-state index contributed by atoms with van der Waals surface area (Å²) in [4.78, 5) is 12.6. The van der Waals surface area contributed by atoms with Crippen LogP contribution < -0.4 is 16.0 Å². The molecule has 2 aliphatic heterocycles. The van der Waals surface area contributed by atoms with E-state index >= 15 is 0 Å². The van der Waals surface area contributed by atoms with E-state index in [4.69, 9.17) is 0 Å². The minimum absolute atomic E-state index is 0.0646. The quantitative estimate of drug-likeness (QED) is 0.809. The van der Waals surface area contributed by atoms with Gasteiger partial charge in [-0.3, -0.25) is 4.79 Å². The first-order valence-electron chi connectivity index (χ1n) is 8.61. The predicted molar refractivity (Wildman–Crippen MR) is 94.3 cm³/mol. The van der Waals surface area contributed by atoms with Gasteiger partial charge >= 0.3 is 0 Å². The standard InChI is InChI=1S/C18H21N3OS/c22-18(21-15-8-12-4-5-14(15)20-12)10-1-6-17-13(7-10)16(9-23-17)19-11-2-3-11/h1,6-7,9,11-12,14-15,19-20H,2-5,8H2,(H,21,22)/t12-,14+,15-/m1/s1. The number of hydrogen-bond donors (Lipinski definition) is 3. The van der Waals surface area contributed by atoms with E-state index in [1.807, 2.05) is 12.1 Å². The summed E-state index contributed by atoms with van der Waals surface area (Å²) >= 11 is 1.74. The number of benzene rings is 1. The number of fused-ring (bicyclic) bond motifs is 3. The summed E-state index contributed by atoms with van der Waals surface area (Å²) in [6.45, 7) is 0. The Labute approximate surface area is 139 Å². The van der Waals surface area contributed by atoms with Gasteiger partial charge in [-0.15, -0.1) is 11.3 Å². The highest BCUT2D eigenvalue weighted by Gasteiger charge is 2.39. The molecule has 1 saturated carbocycles. The van der Waals surface area contributed by atoms with E-state index in [1.54, 1.807) is 11.3 Å². The molecule has 2 saturated heterocycles. The second-order valence-electron chi connectivity index (χ2n) is 7.14. The maximum absolute atomic E-state index is 12.6. The van der Waals surface area contributed by atoms with Gasteiger partial charge in [0.2, 0.25) is 0 Å². The van der Waals surface area contributed by atoms with Crippen molar-refractivity contribution in [2.24, 2.45) is 0 Å². The van der Waals surface area contributed by atoms with E-state index in [2.05, 4.69) is 27.4 Å². The van der Waals surface area contributed by atoms with Crippen molar-refractivity contribution in [2.75, 3.05) is 5.32 Å². The van der Waals surface area contributed by atoms with Gasteiger partial charge in [-0.2, -0.15) is 0 Å². The van der Waals surface area contributed by atoms with E-state index in [-0.39, 0.29) is 5.91 Å². The smallest absolute Gasteiger partial charge is 0.251 e. The van der Waals surface area contributed by atoms with E-state index < -0.39 is 0 Å². The average molecular weight is 327 g/mol. The number of carbonyl (C=O) groups excluding carboxylic acids is 1. The molecule has 1 aliphatic carbocycles. The van der Waals surface area contributed by atoms with Crippen molar-refractivity contribution >= 4 is 33.0 Å². The van der Waals surface area contributed by atoms with Crippen molar-refractivity contribution < 1.29 is 4.79 Å². The average Bonchev–Trinajstić information content (AvgIpc) is 2.96. The number of rotatable bonds is 4. The molecule has 1 amide bonds. The molecule has 2 bridgehead atoms. The number of nitrogens with one attached hydrogen (secondary N) is 3. The van der Waals surface area contributed by atoms with Crippen LogP contribution in [-0.2, 0) is 0 Å². The number of hydrogen-bond acceptors (Lipinski definition) is 4. The zero-order valence-electron chi connectivity index (χ0n) is 13.0. The Hall–Kier alpha value is -1.59. The largest absolute Gasteiger partial charge is 0.381 e. The van der Waals surface area contributed by atoms with Crippen LogP contribution in [0.25, 0.3) is 10.1 Å². The molecule has 5 rings (SSSR count). The number of anilines is 1. The molecule has 23 heavy (non-hydrogen) atoms. The van der Waals surface area contributed by atoms with E-state index in [9.17, 15) is 4.79 Å². The molecule has 3 N–H and O–H groups in total. The highest BCUT2D eigenvalue weighted by Crippen LogP contribution is 2.35. The Bertz CT molecular complexity index is 767. The Kier molecular flexibility index (Phi) is 3.13. The molecule has 2 aromatic rings. The summed E-state index contributed by atoms with van der Waals surface area (Å²) in [5, 5.41) is 13.7. The summed E-state index contributed by atoms with van der Waals surface area (Å²) < 4.78 is 1.24. The van der Waals surface area contributed by atoms with E-state index in [0.717, 1.165) is 12.0 Å². The van der Waals surface area contributed by atoms with Gasteiger partial charge in [0.1, 0.15) is 0 Å². The Morgan fingerprint density at radius 3 is 2.87 bits per heavy atom. The molecule has 120 valence electrons. The molecule has 5 heteroatoms. The zero-order valence-corrected chi connectivity index (χ0v) is 13.8. The molecule has 0 radical (unpaired) electrons. The second-order valence-corrected chi connectivity index (χ2v) is 8.05. The normalized spacial score (nSPS) is 29.1. The van der Waals surface area contributed by atoms with Gasteiger partial charge < -0.3 is 16.0 Å². The number of amides is 1. The summed E-state index contributed by atoms with van der Waals surface area (Å²) in [5.41, 5.74) is 1.96. The van der Waals surface area contributed by atoms with Crippen LogP contribution in [0.1, 0.15) is 42.5 Å². The fourth-order valence-corrected chi connectivity index (χ4v) is 4.85. The van der Waals surface area contributed by atoms with E-state index in [0.29, 0.717) is 24.2 Å². The topological polar surface area (TPSA) is 53.2 Å². The molecule has 0 unspecified atom stereocenters. The van der Waals surface area contributed by atoms with Crippen molar-refractivity contribution in [2.45, 2.75) is 56.3 Å². The van der Waals surface area contributed by atoms with Crippen LogP contribution in [0.2, 0.25) is 0 Å². The molecular weight excluding hydrogens is 306 g/mol. The van der Waals surface area contributed by atoms with Gasteiger partial charge in [-0.1, -0.05) is 0 Å². The van der Waals surface area contributed by atoms with Crippen LogP contribution in [0, 0.1) is 0 Å². The maximum Gasteiger partial charge on any atom is 0.251 e. The third kappa shape index (κ3) is 2.52. The summed E-state index contributed by atoms with van der Waals surface area (Å²) in [6.07, 6.45) is 6.04. The fourth-order valence-electron chi connectivity index (χ4n) is 3.97. The van der Waals surface area contributed by atoms with Gasteiger partial charge in [-0.25, -0.2) is 0 Å². The lowest BCUT2D eigenvalue weighted by Crippen LogP contribution is -2.42. The van der Waals surface area contributed by atoms with Crippen molar-refractivity contribution in [3.05, 3.63) is 29.1 Å². The molecule has 3 atom stereocenters. The van der Waals surface area contributed by atoms with E-state index in [1.165, 1.54) is 41.5 Å². The van der Waals surface area contributed by atoms with Crippen molar-refractivity contribution in [3.8, 4) is 0 Å². The minimum atomic E-state index is 0.0646. The van der Waals surface area contributed by atoms with Crippen molar-refractivity contribution in [1.82, 2.24) is 10.6 Å². The molecule has 4 nitrogen and oxygen atoms in total. The Balaban J connectivity index is 1.37. The van der Waals surface area contributed by atoms with Crippen LogP contribution in [0.15, 0.2) is 23.6 Å². The lowest BCUT2D eigenvalue weighted by atomic mass is 9.95. The third-order valence-corrected chi connectivity index (χ3v) is 6.35. The van der Waals surface area contributed by atoms with Gasteiger partial charge in [0.15, 0.2) is 0 Å². The second kappa shape index (κ2) is 5.21. The number of thiophene rings is 1. The lowest BCUT2D eigenvalue weighted by molar-refractivity contribution is 0.0931. The molecule has 1 aromatic heterocycles. The minimum Gasteiger partial charge on any atom is -0.381 e. The van der Waals surface area contributed by atoms with Gasteiger partial charge in [0.05, 0.1) is 5.69 Å². The number of carbonyl (C=O) groups is 1. The SMILES string of the molecule is O=C(N[C@@H]1C[C@H]2CC[C@@H]1N2)c1ccc2scc(NC3CC3)c2c1. The van der Waals surface area contributed by atoms with Crippen molar-refractivity contribution in [3.63, 3.8) is 0 Å². The molecule has 3 fully saturated rings. The molecule has 0 spiro atoms. The van der Waals surface area contributed by atoms with Crippen LogP contribution in [-0.4, -0.2) is 30.1 Å². The summed E-state index contributed by atoms with van der Waals surface area (Å²) in [5.74, 6) is 0.0646. The molecule has 1 aromatic carbocycles. The highest BCUT2D eigenvalue weighted by atomic mass is 32.1. The highest BCUT2D eigenvalue weighted by molar-refractivity contribution is 7.17. The lowest BCUT2D eigenvalue weighted by Gasteiger charge is -2.21. The van der Waals surface area contributed by atoms with Crippen LogP contribution in [0.5, 0.6) is 0 Å². The van der Waals surface area contributed by atoms with Gasteiger partial charge in [0, 0.05) is 45.2 Å². The Morgan fingerprint density at radius 1 is 1.22 bits per heavy atom. The van der Waals surface area contributed by atoms with Gasteiger partial charge in [0.25, 0.3) is 5.91 Å². The van der Waals surface area contributed by atoms with Crippen molar-refractivity contribution in [1.29, 1.82) is 0 Å². The van der Waals surface area contributed by atoms with Gasteiger partial charge in [-0.05, 0) is 50.3 Å². The third-order valence-electron chi connectivity index (χ3n) is 5.39. The van der Waals surface area contributed by atoms with Crippen LogP contribution in [0.4, 0.5) is 5.69 Å². The Morgan fingerprint density at radius 2 is 2.13 bits per heavy atom. The first kappa shape index (κ1) is 13.8. The summed E-state index contributed by atoms with van der Waals surface area (Å²) in [6, 6.07) is 8.09. The zero-order chi connectivity index (χ0) is 15.4. The predicted octanol–water partition coefficient (Wildman–Crippen LogP) is 3.10. The summed E-state index contributed by atoms with van der Waals surface area (Å²) in [7, 11) is 0. The molecule has 3 heterocycles. The monoisotopic (exact) mass is 327 g/mol. The first-order chi connectivity index (χ1) is 11.3. The maximum atomic E-state index is 12.6. The fraction of sp³-hybridized carbons (Fsp3) is 0.500. The van der Waals surface area contributed by atoms with Crippen LogP contribution in [0.3, 0.4) is 0 Å². The molecule has 3 aliphatic rings.